The predicted molar refractivity (Wildman–Crippen MR) is 43.0 cm³/mol. The highest BCUT2D eigenvalue weighted by atomic mass is 31.0. The topological polar surface area (TPSA) is 0 Å². The summed E-state index contributed by atoms with van der Waals surface area (Å²) in [6.45, 7) is 0. The highest BCUT2D eigenvalue weighted by molar-refractivity contribution is 7.17. The minimum Gasteiger partial charge on any atom is -1.49 e. The van der Waals surface area contributed by atoms with Crippen LogP contribution >= 0.6 is 9.24 Å². The minimum atomic E-state index is 0.713. The molecule has 0 aromatic carbocycles. The Morgan fingerprint density at radius 1 is 0.778 bits per heavy atom. The average Bonchev–Trinajstić information content (AvgIpc) is 1.79. The summed E-state index contributed by atoms with van der Waals surface area (Å²) in [6, 6.07) is 0. The first kappa shape index (κ1) is 7.54. The molecule has 0 bridgehead atoms. The van der Waals surface area contributed by atoms with E-state index in [2.05, 4.69) is 9.24 Å². The van der Waals surface area contributed by atoms with Gasteiger partial charge in [-0.1, -0.05) is 32.1 Å². The van der Waals surface area contributed by atoms with E-state index in [1.54, 1.807) is 0 Å². The number of rotatable bonds is 0. The molecule has 0 atom stereocenters. The molecule has 9 heavy (non-hydrogen) atoms. The Morgan fingerprint density at radius 3 is 1.78 bits per heavy atom. The van der Waals surface area contributed by atoms with Crippen molar-refractivity contribution in [3.05, 3.63) is 0 Å². The lowest BCUT2D eigenvalue weighted by Gasteiger charge is -2.47. The third kappa shape index (κ3) is 3.20. The molecule has 0 aromatic heterocycles. The summed E-state index contributed by atoms with van der Waals surface area (Å²) >= 11 is 0. The molecule has 1 fully saturated rings. The highest BCUT2D eigenvalue weighted by Gasteiger charge is 1.94. The van der Waals surface area contributed by atoms with Crippen LogP contribution in [0.2, 0.25) is 0 Å². The van der Waals surface area contributed by atoms with Crippen molar-refractivity contribution in [1.29, 1.82) is 0 Å². The second kappa shape index (κ2) is 4.28. The monoisotopic (exact) mass is 142 g/mol. The van der Waals surface area contributed by atoms with Gasteiger partial charge in [-0.05, 0) is 0 Å². The fourth-order valence-corrected chi connectivity index (χ4v) is 1.80. The molecule has 0 spiro atoms. The van der Waals surface area contributed by atoms with E-state index in [9.17, 15) is 0 Å². The van der Waals surface area contributed by atoms with E-state index in [1.807, 2.05) is 0 Å². The van der Waals surface area contributed by atoms with Gasteiger partial charge in [-0.25, -0.2) is 0 Å². The van der Waals surface area contributed by atoms with Crippen LogP contribution in [0.4, 0.5) is 0 Å². The molecular formula is C8H15P-2. The van der Waals surface area contributed by atoms with Crippen molar-refractivity contribution in [3.8, 4) is 0 Å². The van der Waals surface area contributed by atoms with Crippen molar-refractivity contribution in [3.63, 3.8) is 0 Å². The Balaban J connectivity index is 2.12. The molecule has 0 unspecified atom stereocenters. The Morgan fingerprint density at radius 2 is 1.22 bits per heavy atom. The maximum absolute atomic E-state index is 4.48. The van der Waals surface area contributed by atoms with Gasteiger partial charge in [0, 0.05) is 0 Å². The first-order valence-electron chi connectivity index (χ1n) is 4.07. The molecule has 0 aliphatic heterocycles. The third-order valence-electron chi connectivity index (χ3n) is 2.07. The normalized spacial score (nSPS) is 25.0. The van der Waals surface area contributed by atoms with Gasteiger partial charge in [0.2, 0.25) is 0 Å². The summed E-state index contributed by atoms with van der Waals surface area (Å²) in [5.74, 6) is 0. The summed E-state index contributed by atoms with van der Waals surface area (Å²) in [5.41, 5.74) is 0.713. The average molecular weight is 142 g/mol. The van der Waals surface area contributed by atoms with Crippen LogP contribution in [0.1, 0.15) is 44.9 Å². The van der Waals surface area contributed by atoms with Gasteiger partial charge in [0.1, 0.15) is 0 Å². The maximum Gasteiger partial charge on any atom is -0.0533 e. The second-order valence-electron chi connectivity index (χ2n) is 3.00. The largest absolute Gasteiger partial charge is 1.49 e. The van der Waals surface area contributed by atoms with Crippen molar-refractivity contribution in [2.45, 2.75) is 50.6 Å². The van der Waals surface area contributed by atoms with Gasteiger partial charge in [0.15, 0.2) is 0 Å². The molecule has 1 rings (SSSR count). The van der Waals surface area contributed by atoms with Gasteiger partial charge in [0.05, 0.1) is 0 Å². The fourth-order valence-electron chi connectivity index (χ4n) is 1.43. The third-order valence-corrected chi connectivity index (χ3v) is 2.59. The van der Waals surface area contributed by atoms with Crippen LogP contribution in [0.15, 0.2) is 0 Å². The Labute approximate surface area is 60.6 Å². The van der Waals surface area contributed by atoms with E-state index in [4.69, 9.17) is 0 Å². The number of hydrogen-bond acceptors (Lipinski definition) is 0. The van der Waals surface area contributed by atoms with Crippen molar-refractivity contribution in [2.24, 2.45) is 0 Å². The molecule has 0 amide bonds. The van der Waals surface area contributed by atoms with Crippen LogP contribution in [0.5, 0.6) is 0 Å². The predicted octanol–water partition coefficient (Wildman–Crippen LogP) is 3.51. The molecule has 0 N–H and O–H groups in total. The summed E-state index contributed by atoms with van der Waals surface area (Å²) in [6.07, 6.45) is 9.86. The molecule has 1 aliphatic rings. The van der Waals surface area contributed by atoms with Gasteiger partial charge in [0.25, 0.3) is 0 Å². The van der Waals surface area contributed by atoms with E-state index in [0.717, 1.165) is 0 Å². The molecule has 0 aromatic rings. The van der Waals surface area contributed by atoms with E-state index in [1.165, 1.54) is 44.9 Å². The maximum atomic E-state index is 4.48. The van der Waals surface area contributed by atoms with Gasteiger partial charge >= 0.3 is 0 Å². The van der Waals surface area contributed by atoms with Gasteiger partial charge < -0.3 is 14.9 Å². The zero-order valence-electron chi connectivity index (χ0n) is 5.97. The standard InChI is InChI=1S/C8H15P/c9-8-6-4-2-1-3-5-7-8/h8H,1-7H2/q-2. The van der Waals surface area contributed by atoms with Crippen LogP contribution in [0.3, 0.4) is 0 Å². The number of hydrogen-bond donors (Lipinski definition) is 0. The lowest BCUT2D eigenvalue weighted by molar-refractivity contribution is 0.513. The Hall–Kier alpha value is 0.430. The molecular weight excluding hydrogens is 127 g/mol. The van der Waals surface area contributed by atoms with Crippen LogP contribution < -0.4 is 0 Å². The lowest BCUT2D eigenvalue weighted by atomic mass is 10.0. The Kier molecular flexibility index (Phi) is 3.58. The molecule has 1 aliphatic carbocycles. The molecule has 0 nitrogen and oxygen atoms in total. The summed E-state index contributed by atoms with van der Waals surface area (Å²) in [4.78, 5) is 0. The molecule has 1 saturated carbocycles. The molecule has 0 saturated heterocycles. The van der Waals surface area contributed by atoms with Gasteiger partial charge in [-0.3, -0.25) is 0 Å². The van der Waals surface area contributed by atoms with Gasteiger partial charge in [-0.2, -0.15) is 0 Å². The first-order valence-corrected chi connectivity index (χ1v) is 4.59. The van der Waals surface area contributed by atoms with Crippen molar-refractivity contribution < 1.29 is 0 Å². The SMILES string of the molecule is [P-2]C1CCCCCCC1. The molecule has 1 heteroatoms. The van der Waals surface area contributed by atoms with Crippen LogP contribution in [0.25, 0.3) is 0 Å². The summed E-state index contributed by atoms with van der Waals surface area (Å²) in [7, 11) is 4.48. The molecule has 0 radical (unpaired) electrons. The van der Waals surface area contributed by atoms with Crippen molar-refractivity contribution in [1.82, 2.24) is 0 Å². The first-order chi connectivity index (χ1) is 4.39. The van der Waals surface area contributed by atoms with Crippen molar-refractivity contribution >= 4 is 9.24 Å². The second-order valence-corrected chi connectivity index (χ2v) is 3.73. The lowest BCUT2D eigenvalue weighted by Crippen LogP contribution is -2.00. The fraction of sp³-hybridized carbons (Fsp3) is 1.00. The minimum absolute atomic E-state index is 0.713. The van der Waals surface area contributed by atoms with E-state index >= 15 is 0 Å². The highest BCUT2D eigenvalue weighted by Crippen LogP contribution is 2.21. The van der Waals surface area contributed by atoms with E-state index in [-0.39, 0.29) is 0 Å². The quantitative estimate of drug-likeness (QED) is 0.454. The van der Waals surface area contributed by atoms with Crippen LogP contribution in [-0.2, 0) is 0 Å². The van der Waals surface area contributed by atoms with E-state index in [0.29, 0.717) is 5.66 Å². The Bertz CT molecular complexity index is 63.0. The smallest absolute Gasteiger partial charge is 0.0533 e. The summed E-state index contributed by atoms with van der Waals surface area (Å²) < 4.78 is 0. The van der Waals surface area contributed by atoms with E-state index < -0.39 is 0 Å². The van der Waals surface area contributed by atoms with Crippen LogP contribution in [0, 0.1) is 0 Å². The van der Waals surface area contributed by atoms with Gasteiger partial charge in [-0.15, -0.1) is 12.8 Å². The molecule has 54 valence electrons. The zero-order chi connectivity index (χ0) is 6.53. The summed E-state index contributed by atoms with van der Waals surface area (Å²) in [5, 5.41) is 0. The zero-order valence-corrected chi connectivity index (χ0v) is 6.87. The van der Waals surface area contributed by atoms with Crippen LogP contribution in [-0.4, -0.2) is 5.66 Å². The van der Waals surface area contributed by atoms with Crippen molar-refractivity contribution in [2.75, 3.05) is 0 Å². The molecule has 0 heterocycles.